The Labute approximate surface area is 162 Å². The van der Waals surface area contributed by atoms with Gasteiger partial charge in [-0.25, -0.2) is 13.2 Å². The van der Waals surface area contributed by atoms with Gasteiger partial charge in [-0.2, -0.15) is 0 Å². The summed E-state index contributed by atoms with van der Waals surface area (Å²) >= 11 is 0. The summed E-state index contributed by atoms with van der Waals surface area (Å²) in [6.07, 6.45) is 0. The number of amides is 1. The van der Waals surface area contributed by atoms with Gasteiger partial charge in [0.05, 0.1) is 17.6 Å². The number of carbonyl (C=O) groups excluding carboxylic acids is 2. The van der Waals surface area contributed by atoms with E-state index in [2.05, 4.69) is 19.8 Å². The zero-order chi connectivity index (χ0) is 20.3. The molecule has 3 rings (SSSR count). The maximum absolute atomic E-state index is 12.3. The molecule has 0 aromatic heterocycles. The average molecular weight is 401 g/mol. The number of hydrogen-bond donors (Lipinski definition) is 2. The predicted molar refractivity (Wildman–Crippen MR) is 102 cm³/mol. The Morgan fingerprint density at radius 1 is 1.14 bits per heavy atom. The summed E-state index contributed by atoms with van der Waals surface area (Å²) in [5, 5.41) is 2.74. The van der Waals surface area contributed by atoms with E-state index in [1.54, 1.807) is 49.4 Å². The summed E-state index contributed by atoms with van der Waals surface area (Å²) < 4.78 is 31.2. The number of nitrogens with zero attached hydrogens (tertiary/aromatic N) is 1. The molecular weight excluding hydrogens is 382 g/mol. The molecule has 2 N–H and O–H groups in total. The molecule has 0 radical (unpaired) electrons. The molecule has 0 spiro atoms. The third-order valence-electron chi connectivity index (χ3n) is 4.21. The second-order valence-electron chi connectivity index (χ2n) is 6.16. The number of rotatable bonds is 5. The van der Waals surface area contributed by atoms with Crippen LogP contribution in [0.1, 0.15) is 28.4 Å². The third-order valence-corrected chi connectivity index (χ3v) is 5.60. The minimum atomic E-state index is -3.65. The van der Waals surface area contributed by atoms with Crippen LogP contribution in [0.15, 0.2) is 58.4 Å². The number of benzene rings is 2. The molecule has 0 unspecified atom stereocenters. The van der Waals surface area contributed by atoms with E-state index in [1.807, 2.05) is 0 Å². The Balaban J connectivity index is 1.66. The van der Waals surface area contributed by atoms with Crippen LogP contribution in [0.25, 0.3) is 0 Å². The number of sulfonamides is 1. The van der Waals surface area contributed by atoms with Gasteiger partial charge >= 0.3 is 5.97 Å². The van der Waals surface area contributed by atoms with Crippen LogP contribution in [0.5, 0.6) is 0 Å². The first kappa shape index (κ1) is 19.6. The van der Waals surface area contributed by atoms with Gasteiger partial charge in [0.15, 0.2) is 0 Å². The fraction of sp³-hybridized carbons (Fsp3) is 0.211. The fourth-order valence-corrected chi connectivity index (χ4v) is 3.93. The van der Waals surface area contributed by atoms with Crippen molar-refractivity contribution in [2.24, 2.45) is 4.99 Å². The minimum Gasteiger partial charge on any atom is -0.465 e. The molecule has 0 bridgehead atoms. The van der Waals surface area contributed by atoms with Crippen LogP contribution in [0.4, 0.5) is 0 Å². The van der Waals surface area contributed by atoms with Crippen LogP contribution >= 0.6 is 0 Å². The second-order valence-corrected chi connectivity index (χ2v) is 7.81. The van der Waals surface area contributed by atoms with E-state index in [4.69, 9.17) is 0 Å². The van der Waals surface area contributed by atoms with Gasteiger partial charge in [0.1, 0.15) is 11.9 Å². The van der Waals surface area contributed by atoms with Gasteiger partial charge in [-0.05, 0) is 36.8 Å². The number of amidine groups is 1. The highest BCUT2D eigenvalue weighted by Crippen LogP contribution is 2.22. The maximum atomic E-state index is 12.3. The zero-order valence-electron chi connectivity index (χ0n) is 15.3. The Bertz CT molecular complexity index is 1050. The molecular formula is C19H19N3O5S. The fourth-order valence-electron chi connectivity index (χ4n) is 2.70. The quantitative estimate of drug-likeness (QED) is 0.731. The molecule has 8 nitrogen and oxygen atoms in total. The van der Waals surface area contributed by atoms with Crippen LogP contribution in [-0.4, -0.2) is 39.3 Å². The largest absolute Gasteiger partial charge is 0.465 e. The zero-order valence-corrected chi connectivity index (χ0v) is 16.1. The molecule has 1 aliphatic rings. The summed E-state index contributed by atoms with van der Waals surface area (Å²) in [6, 6.07) is 12.3. The Hall–Kier alpha value is -3.20. The molecule has 0 fully saturated rings. The molecule has 2 aromatic rings. The summed E-state index contributed by atoms with van der Waals surface area (Å²) in [6.45, 7) is 1.83. The van der Waals surface area contributed by atoms with Crippen molar-refractivity contribution in [2.45, 2.75) is 24.4 Å². The van der Waals surface area contributed by atoms with Crippen molar-refractivity contribution in [1.82, 2.24) is 10.0 Å². The molecule has 1 aliphatic heterocycles. The van der Waals surface area contributed by atoms with Crippen LogP contribution in [0, 0.1) is 0 Å². The lowest BCUT2D eigenvalue weighted by Crippen LogP contribution is -2.33. The van der Waals surface area contributed by atoms with Gasteiger partial charge < -0.3 is 10.1 Å². The van der Waals surface area contributed by atoms with E-state index in [-0.39, 0.29) is 23.2 Å². The monoisotopic (exact) mass is 401 g/mol. The van der Waals surface area contributed by atoms with Crippen molar-refractivity contribution in [3.8, 4) is 0 Å². The Morgan fingerprint density at radius 3 is 2.50 bits per heavy atom. The van der Waals surface area contributed by atoms with Gasteiger partial charge in [-0.1, -0.05) is 24.3 Å². The lowest BCUT2D eigenvalue weighted by atomic mass is 10.1. The highest BCUT2D eigenvalue weighted by atomic mass is 32.2. The summed E-state index contributed by atoms with van der Waals surface area (Å²) in [5.41, 5.74) is 1.66. The van der Waals surface area contributed by atoms with Gasteiger partial charge in [-0.3, -0.25) is 14.5 Å². The number of aliphatic imine (C=N–C) groups is 1. The molecule has 0 saturated heterocycles. The Morgan fingerprint density at radius 2 is 1.82 bits per heavy atom. The van der Waals surface area contributed by atoms with Crippen molar-refractivity contribution < 1.29 is 22.7 Å². The predicted octanol–water partition coefficient (Wildman–Crippen LogP) is 1.22. The standard InChI is InChI=1S/C19H19N3O5S/c1-12(21-17-15-5-3-4-6-16(15)28(25,26)22-17)18(23)20-11-13-7-9-14(10-8-13)19(24)27-2/h3-10,12H,11H2,1-2H3,(H,20,23)(H,21,22)/t12-/m1/s1. The third kappa shape index (κ3) is 4.04. The van der Waals surface area contributed by atoms with Crippen molar-refractivity contribution in [3.05, 3.63) is 65.2 Å². The smallest absolute Gasteiger partial charge is 0.337 e. The molecule has 146 valence electrons. The van der Waals surface area contributed by atoms with Gasteiger partial charge in [0.25, 0.3) is 10.0 Å². The van der Waals surface area contributed by atoms with Crippen LogP contribution in [-0.2, 0) is 26.1 Å². The number of methoxy groups -OCH3 is 1. The maximum Gasteiger partial charge on any atom is 0.337 e. The molecule has 0 aliphatic carbocycles. The highest BCUT2D eigenvalue weighted by Gasteiger charge is 2.31. The summed E-state index contributed by atoms with van der Waals surface area (Å²) in [4.78, 5) is 28.1. The molecule has 1 atom stereocenters. The SMILES string of the molecule is COC(=O)c1ccc(CNC(=O)[C@@H](C)N=C2NS(=O)(=O)c3ccccc32)cc1. The minimum absolute atomic E-state index is 0.145. The number of esters is 1. The van der Waals surface area contributed by atoms with Crippen molar-refractivity contribution in [1.29, 1.82) is 0 Å². The summed E-state index contributed by atoms with van der Waals surface area (Å²) in [7, 11) is -2.34. The first-order valence-corrected chi connectivity index (χ1v) is 9.95. The van der Waals surface area contributed by atoms with E-state index >= 15 is 0 Å². The van der Waals surface area contributed by atoms with Crippen molar-refractivity contribution >= 4 is 27.7 Å². The van der Waals surface area contributed by atoms with Gasteiger partial charge in [0.2, 0.25) is 5.91 Å². The molecule has 1 amide bonds. The second kappa shape index (κ2) is 7.81. The van der Waals surface area contributed by atoms with Crippen LogP contribution in [0.2, 0.25) is 0 Å². The molecule has 9 heteroatoms. The van der Waals surface area contributed by atoms with E-state index < -0.39 is 22.0 Å². The lowest BCUT2D eigenvalue weighted by molar-refractivity contribution is -0.122. The van der Waals surface area contributed by atoms with E-state index in [1.165, 1.54) is 13.2 Å². The highest BCUT2D eigenvalue weighted by molar-refractivity contribution is 7.90. The van der Waals surface area contributed by atoms with Gasteiger partial charge in [0, 0.05) is 12.1 Å². The van der Waals surface area contributed by atoms with E-state index in [0.717, 1.165) is 5.56 Å². The summed E-state index contributed by atoms with van der Waals surface area (Å²) in [5.74, 6) is -0.631. The number of carbonyl (C=O) groups is 2. The average Bonchev–Trinajstić information content (AvgIpc) is 2.96. The molecule has 28 heavy (non-hydrogen) atoms. The van der Waals surface area contributed by atoms with E-state index in [9.17, 15) is 18.0 Å². The van der Waals surface area contributed by atoms with Crippen LogP contribution in [0.3, 0.4) is 0 Å². The topological polar surface area (TPSA) is 114 Å². The Kier molecular flexibility index (Phi) is 5.46. The lowest BCUT2D eigenvalue weighted by Gasteiger charge is -2.10. The number of ether oxygens (including phenoxy) is 1. The first-order chi connectivity index (χ1) is 13.3. The normalized spacial score (nSPS) is 16.7. The van der Waals surface area contributed by atoms with Crippen molar-refractivity contribution in [3.63, 3.8) is 0 Å². The number of nitrogens with one attached hydrogen (secondary N) is 2. The molecule has 2 aromatic carbocycles. The number of hydrogen-bond acceptors (Lipinski definition) is 6. The van der Waals surface area contributed by atoms with Crippen LogP contribution < -0.4 is 10.0 Å². The molecule has 0 saturated carbocycles. The number of fused-ring (bicyclic) bond motifs is 1. The van der Waals surface area contributed by atoms with E-state index in [0.29, 0.717) is 11.1 Å². The first-order valence-electron chi connectivity index (χ1n) is 8.47. The molecule has 1 heterocycles. The van der Waals surface area contributed by atoms with Gasteiger partial charge in [-0.15, -0.1) is 0 Å². The van der Waals surface area contributed by atoms with Crippen molar-refractivity contribution in [2.75, 3.05) is 7.11 Å².